The first-order chi connectivity index (χ1) is 18.2. The lowest BCUT2D eigenvalue weighted by atomic mass is 9.99. The summed E-state index contributed by atoms with van der Waals surface area (Å²) < 4.78 is 10.6. The van der Waals surface area contributed by atoms with Gasteiger partial charge in [0.05, 0.1) is 14.2 Å². The SMILES string of the molecule is CNC(=O)C(=O)[C@H](Cc1cccnc1OC)NC(=O)[C@H](CC(C)C)NC(=O)c1cc2c(OC)cccc2[nH]1. The van der Waals surface area contributed by atoms with Gasteiger partial charge in [0.1, 0.15) is 23.5 Å². The molecule has 0 unspecified atom stereocenters. The van der Waals surface area contributed by atoms with Crippen molar-refractivity contribution in [2.75, 3.05) is 21.3 Å². The molecule has 0 saturated carbocycles. The maximum absolute atomic E-state index is 13.4. The van der Waals surface area contributed by atoms with Gasteiger partial charge < -0.3 is 30.4 Å². The molecule has 3 aromatic rings. The molecule has 202 valence electrons. The Labute approximate surface area is 220 Å². The summed E-state index contributed by atoms with van der Waals surface area (Å²) in [5.74, 6) is -1.84. The number of rotatable bonds is 12. The van der Waals surface area contributed by atoms with E-state index in [0.29, 0.717) is 23.3 Å². The van der Waals surface area contributed by atoms with Gasteiger partial charge in [-0.25, -0.2) is 4.98 Å². The minimum atomic E-state index is -1.20. The molecular weight excluding hydrogens is 490 g/mol. The smallest absolute Gasteiger partial charge is 0.289 e. The first kappa shape index (κ1) is 28.2. The number of H-pyrrole nitrogens is 1. The fourth-order valence-electron chi connectivity index (χ4n) is 4.11. The fraction of sp³-hybridized carbons (Fsp3) is 0.370. The maximum atomic E-state index is 13.4. The van der Waals surface area contributed by atoms with Crippen LogP contribution >= 0.6 is 0 Å². The third kappa shape index (κ3) is 6.67. The second kappa shape index (κ2) is 12.7. The van der Waals surface area contributed by atoms with Crippen molar-refractivity contribution in [3.05, 3.63) is 53.9 Å². The first-order valence-corrected chi connectivity index (χ1v) is 12.2. The van der Waals surface area contributed by atoms with Crippen LogP contribution in [0.2, 0.25) is 0 Å². The van der Waals surface area contributed by atoms with Crippen LogP contribution < -0.4 is 25.4 Å². The van der Waals surface area contributed by atoms with E-state index in [1.54, 1.807) is 37.4 Å². The molecule has 11 heteroatoms. The molecule has 2 atom stereocenters. The van der Waals surface area contributed by atoms with Crippen molar-refractivity contribution in [3.63, 3.8) is 0 Å². The van der Waals surface area contributed by atoms with Gasteiger partial charge in [-0.15, -0.1) is 0 Å². The Morgan fingerprint density at radius 3 is 2.42 bits per heavy atom. The van der Waals surface area contributed by atoms with Gasteiger partial charge in [0.2, 0.25) is 17.6 Å². The van der Waals surface area contributed by atoms with Crippen LogP contribution in [0.25, 0.3) is 10.9 Å². The van der Waals surface area contributed by atoms with E-state index in [1.807, 2.05) is 19.9 Å². The predicted molar refractivity (Wildman–Crippen MR) is 141 cm³/mol. The molecule has 1 aromatic carbocycles. The number of hydrogen-bond acceptors (Lipinski definition) is 7. The number of methoxy groups -OCH3 is 2. The molecule has 2 aromatic heterocycles. The van der Waals surface area contributed by atoms with Crippen LogP contribution in [0.5, 0.6) is 11.6 Å². The number of aromatic nitrogens is 2. The van der Waals surface area contributed by atoms with Crippen molar-refractivity contribution >= 4 is 34.4 Å². The van der Waals surface area contributed by atoms with Crippen LogP contribution in [0.1, 0.15) is 36.3 Å². The number of ketones is 1. The monoisotopic (exact) mass is 523 g/mol. The topological polar surface area (TPSA) is 152 Å². The van der Waals surface area contributed by atoms with E-state index in [2.05, 4.69) is 25.9 Å². The molecule has 2 heterocycles. The van der Waals surface area contributed by atoms with Gasteiger partial charge in [-0.1, -0.05) is 26.0 Å². The lowest BCUT2D eigenvalue weighted by Crippen LogP contribution is -2.54. The number of benzene rings is 1. The number of aromatic amines is 1. The average molecular weight is 524 g/mol. The Morgan fingerprint density at radius 2 is 1.76 bits per heavy atom. The highest BCUT2D eigenvalue weighted by Crippen LogP contribution is 2.26. The predicted octanol–water partition coefficient (Wildman–Crippen LogP) is 1.77. The highest BCUT2D eigenvalue weighted by atomic mass is 16.5. The van der Waals surface area contributed by atoms with Crippen LogP contribution in [0.4, 0.5) is 0 Å². The summed E-state index contributed by atoms with van der Waals surface area (Å²) in [4.78, 5) is 58.8. The zero-order valence-corrected chi connectivity index (χ0v) is 22.1. The number of hydrogen-bond donors (Lipinski definition) is 4. The van der Waals surface area contributed by atoms with Crippen LogP contribution in [0, 0.1) is 5.92 Å². The van der Waals surface area contributed by atoms with E-state index in [0.717, 1.165) is 5.39 Å². The Balaban J connectivity index is 1.84. The Hall–Kier alpha value is -4.41. The van der Waals surface area contributed by atoms with Crippen molar-refractivity contribution < 1.29 is 28.7 Å². The third-order valence-electron chi connectivity index (χ3n) is 5.97. The standard InChI is InChI=1S/C27H33N5O6/c1-15(2)12-20(32-25(35)21-14-17-18(30-21)9-6-10-22(17)37-4)24(34)31-19(23(33)26(36)28-3)13-16-8-7-11-29-27(16)38-5/h6-11,14-15,19-20,30H,12-13H2,1-5H3,(H,28,36)(H,31,34)(H,32,35)/t19-,20-/m0/s1. The third-order valence-corrected chi connectivity index (χ3v) is 5.97. The summed E-state index contributed by atoms with van der Waals surface area (Å²) in [5, 5.41) is 8.45. The first-order valence-electron chi connectivity index (χ1n) is 12.2. The Kier molecular flexibility index (Phi) is 9.42. The summed E-state index contributed by atoms with van der Waals surface area (Å²) in [7, 11) is 4.32. The zero-order chi connectivity index (χ0) is 27.8. The number of fused-ring (bicyclic) bond motifs is 1. The van der Waals surface area contributed by atoms with Crippen LogP contribution in [-0.4, -0.2) is 66.8 Å². The van der Waals surface area contributed by atoms with E-state index in [4.69, 9.17) is 9.47 Å². The van der Waals surface area contributed by atoms with Gasteiger partial charge in [-0.3, -0.25) is 19.2 Å². The minimum Gasteiger partial charge on any atom is -0.496 e. The highest BCUT2D eigenvalue weighted by molar-refractivity contribution is 6.38. The molecule has 0 fully saturated rings. The summed E-state index contributed by atoms with van der Waals surface area (Å²) in [6.07, 6.45) is 1.81. The number of amides is 3. The second-order valence-corrected chi connectivity index (χ2v) is 9.14. The summed E-state index contributed by atoms with van der Waals surface area (Å²) in [5.41, 5.74) is 1.50. The normalized spacial score (nSPS) is 12.5. The quantitative estimate of drug-likeness (QED) is 0.264. The van der Waals surface area contributed by atoms with Gasteiger partial charge in [-0.2, -0.15) is 0 Å². The van der Waals surface area contributed by atoms with Crippen molar-refractivity contribution in [1.29, 1.82) is 0 Å². The number of nitrogens with one attached hydrogen (secondary N) is 4. The average Bonchev–Trinajstić information content (AvgIpc) is 3.36. The number of carbonyl (C=O) groups is 4. The molecule has 0 aliphatic rings. The molecule has 0 aliphatic carbocycles. The molecule has 4 N–H and O–H groups in total. The number of pyridine rings is 1. The van der Waals surface area contributed by atoms with Crippen molar-refractivity contribution in [1.82, 2.24) is 25.9 Å². The van der Waals surface area contributed by atoms with Crippen molar-refractivity contribution in [3.8, 4) is 11.6 Å². The van der Waals surface area contributed by atoms with E-state index >= 15 is 0 Å². The van der Waals surface area contributed by atoms with Crippen molar-refractivity contribution in [2.45, 2.75) is 38.8 Å². The number of likely N-dealkylation sites (N-methyl/N-ethyl adjacent to an activating group) is 1. The van der Waals surface area contributed by atoms with Gasteiger partial charge in [0.15, 0.2) is 0 Å². The van der Waals surface area contributed by atoms with Crippen LogP contribution in [0.3, 0.4) is 0 Å². The molecule has 3 amide bonds. The molecule has 11 nitrogen and oxygen atoms in total. The lowest BCUT2D eigenvalue weighted by molar-refractivity contribution is -0.140. The molecule has 0 radical (unpaired) electrons. The number of Topliss-reactive ketones (excluding diaryl/α,β-unsaturated/α-hetero) is 1. The molecule has 0 spiro atoms. The lowest BCUT2D eigenvalue weighted by Gasteiger charge is -2.24. The van der Waals surface area contributed by atoms with Gasteiger partial charge in [-0.05, 0) is 36.6 Å². The zero-order valence-electron chi connectivity index (χ0n) is 22.1. The van der Waals surface area contributed by atoms with Crippen LogP contribution in [0.15, 0.2) is 42.6 Å². The van der Waals surface area contributed by atoms with E-state index in [-0.39, 0.29) is 23.9 Å². The van der Waals surface area contributed by atoms with E-state index < -0.39 is 35.6 Å². The van der Waals surface area contributed by atoms with Gasteiger partial charge in [0, 0.05) is 36.1 Å². The molecule has 0 bridgehead atoms. The maximum Gasteiger partial charge on any atom is 0.289 e. The summed E-state index contributed by atoms with van der Waals surface area (Å²) in [6.45, 7) is 3.82. The largest absolute Gasteiger partial charge is 0.496 e. The molecular formula is C27H33N5O6. The second-order valence-electron chi connectivity index (χ2n) is 9.14. The molecule has 0 aliphatic heterocycles. The van der Waals surface area contributed by atoms with Crippen molar-refractivity contribution in [2.24, 2.45) is 5.92 Å². The number of nitrogens with zero attached hydrogens (tertiary/aromatic N) is 1. The summed E-state index contributed by atoms with van der Waals surface area (Å²) >= 11 is 0. The van der Waals surface area contributed by atoms with Gasteiger partial charge >= 0.3 is 0 Å². The Bertz CT molecular complexity index is 1320. The van der Waals surface area contributed by atoms with E-state index in [1.165, 1.54) is 20.4 Å². The highest BCUT2D eigenvalue weighted by Gasteiger charge is 2.31. The number of carbonyl (C=O) groups excluding carboxylic acids is 4. The van der Waals surface area contributed by atoms with E-state index in [9.17, 15) is 19.2 Å². The molecule has 38 heavy (non-hydrogen) atoms. The van der Waals surface area contributed by atoms with Crippen LogP contribution in [-0.2, 0) is 20.8 Å². The fourth-order valence-corrected chi connectivity index (χ4v) is 4.11. The molecule has 0 saturated heterocycles. The number of ether oxygens (including phenoxy) is 2. The molecule has 3 rings (SSSR count). The summed E-state index contributed by atoms with van der Waals surface area (Å²) in [6, 6.07) is 8.24. The van der Waals surface area contributed by atoms with Gasteiger partial charge in [0.25, 0.3) is 11.8 Å². The Morgan fingerprint density at radius 1 is 1.00 bits per heavy atom. The minimum absolute atomic E-state index is 0.0286.